The molecule has 0 aliphatic carbocycles. The first-order chi connectivity index (χ1) is 7.61. The van der Waals surface area contributed by atoms with Gasteiger partial charge in [0.15, 0.2) is 5.78 Å². The van der Waals surface area contributed by atoms with Crippen molar-refractivity contribution in [2.45, 2.75) is 32.4 Å². The van der Waals surface area contributed by atoms with Crippen LogP contribution in [-0.2, 0) is 4.79 Å². The topological polar surface area (TPSA) is 40.5 Å². The molecule has 1 atom stereocenters. The van der Waals surface area contributed by atoms with Gasteiger partial charge in [0.25, 0.3) is 0 Å². The second-order valence-electron chi connectivity index (χ2n) is 4.51. The standard InChI is InChI=1S/C13H17NO2/c1-9(2)14-8-7-12(16)13(14)10-5-3-4-6-11(10)15/h3-6,9,13,15H,7-8H2,1-2H3. The first kappa shape index (κ1) is 11.1. The van der Waals surface area contributed by atoms with Gasteiger partial charge in [0.05, 0.1) is 6.04 Å². The average molecular weight is 219 g/mol. The van der Waals surface area contributed by atoms with Crippen LogP contribution in [0.2, 0.25) is 0 Å². The number of likely N-dealkylation sites (tertiary alicyclic amines) is 1. The molecule has 0 amide bonds. The van der Waals surface area contributed by atoms with Crippen LogP contribution in [0.4, 0.5) is 0 Å². The highest BCUT2D eigenvalue weighted by molar-refractivity contribution is 5.88. The summed E-state index contributed by atoms with van der Waals surface area (Å²) in [6.07, 6.45) is 0.581. The Morgan fingerprint density at radius 3 is 2.69 bits per heavy atom. The molecular weight excluding hydrogens is 202 g/mol. The van der Waals surface area contributed by atoms with Crippen molar-refractivity contribution >= 4 is 5.78 Å². The molecule has 2 rings (SSSR count). The summed E-state index contributed by atoms with van der Waals surface area (Å²) in [7, 11) is 0. The quantitative estimate of drug-likeness (QED) is 0.828. The van der Waals surface area contributed by atoms with Crippen LogP contribution in [0.1, 0.15) is 31.9 Å². The van der Waals surface area contributed by atoms with Crippen LogP contribution in [0.3, 0.4) is 0 Å². The van der Waals surface area contributed by atoms with Crippen LogP contribution in [-0.4, -0.2) is 28.4 Å². The summed E-state index contributed by atoms with van der Waals surface area (Å²) in [5.41, 5.74) is 0.735. The third-order valence-electron chi connectivity index (χ3n) is 3.15. The molecule has 16 heavy (non-hydrogen) atoms. The Labute approximate surface area is 95.7 Å². The van der Waals surface area contributed by atoms with Crippen molar-refractivity contribution in [3.05, 3.63) is 29.8 Å². The van der Waals surface area contributed by atoms with E-state index in [-0.39, 0.29) is 17.6 Å². The fourth-order valence-corrected chi connectivity index (χ4v) is 2.32. The normalized spacial score (nSPS) is 21.9. The van der Waals surface area contributed by atoms with Crippen molar-refractivity contribution in [2.24, 2.45) is 0 Å². The minimum Gasteiger partial charge on any atom is -0.508 e. The fourth-order valence-electron chi connectivity index (χ4n) is 2.32. The van der Waals surface area contributed by atoms with Crippen LogP contribution in [0.25, 0.3) is 0 Å². The molecule has 1 unspecified atom stereocenters. The van der Waals surface area contributed by atoms with E-state index in [0.717, 1.165) is 12.1 Å². The van der Waals surface area contributed by atoms with Gasteiger partial charge in [0.2, 0.25) is 0 Å². The van der Waals surface area contributed by atoms with Crippen molar-refractivity contribution in [1.82, 2.24) is 4.90 Å². The van der Waals surface area contributed by atoms with Gasteiger partial charge in [-0.1, -0.05) is 18.2 Å². The number of hydrogen-bond donors (Lipinski definition) is 1. The van der Waals surface area contributed by atoms with Gasteiger partial charge in [0, 0.05) is 24.6 Å². The Kier molecular flexibility index (Phi) is 2.97. The molecule has 1 saturated heterocycles. The van der Waals surface area contributed by atoms with Gasteiger partial charge in [-0.3, -0.25) is 9.69 Å². The number of rotatable bonds is 2. The summed E-state index contributed by atoms with van der Waals surface area (Å²) in [6.45, 7) is 4.94. The summed E-state index contributed by atoms with van der Waals surface area (Å²) in [5, 5.41) is 9.81. The predicted molar refractivity (Wildman–Crippen MR) is 62.3 cm³/mol. The fraction of sp³-hybridized carbons (Fsp3) is 0.462. The number of nitrogens with zero attached hydrogens (tertiary/aromatic N) is 1. The minimum absolute atomic E-state index is 0.204. The van der Waals surface area contributed by atoms with Crippen LogP contribution in [0.15, 0.2) is 24.3 Å². The molecule has 0 spiro atoms. The van der Waals surface area contributed by atoms with Gasteiger partial charge in [0.1, 0.15) is 5.75 Å². The van der Waals surface area contributed by atoms with E-state index in [0.29, 0.717) is 12.5 Å². The van der Waals surface area contributed by atoms with Gasteiger partial charge in [-0.2, -0.15) is 0 Å². The molecule has 1 fully saturated rings. The van der Waals surface area contributed by atoms with E-state index >= 15 is 0 Å². The molecule has 3 heteroatoms. The first-order valence-electron chi connectivity index (χ1n) is 5.67. The largest absolute Gasteiger partial charge is 0.508 e. The second-order valence-corrected chi connectivity index (χ2v) is 4.51. The third kappa shape index (κ3) is 1.83. The number of carbonyl (C=O) groups excluding carboxylic acids is 1. The van der Waals surface area contributed by atoms with E-state index < -0.39 is 0 Å². The van der Waals surface area contributed by atoms with Gasteiger partial charge in [-0.15, -0.1) is 0 Å². The van der Waals surface area contributed by atoms with Crippen molar-refractivity contribution < 1.29 is 9.90 Å². The Morgan fingerprint density at radius 1 is 1.38 bits per heavy atom. The lowest BCUT2D eigenvalue weighted by atomic mass is 10.0. The Balaban J connectivity index is 2.38. The molecule has 1 heterocycles. The zero-order chi connectivity index (χ0) is 11.7. The van der Waals surface area contributed by atoms with E-state index in [9.17, 15) is 9.90 Å². The molecular formula is C13H17NO2. The van der Waals surface area contributed by atoms with Crippen LogP contribution < -0.4 is 0 Å². The summed E-state index contributed by atoms with van der Waals surface area (Å²) in [4.78, 5) is 14.0. The van der Waals surface area contributed by atoms with Crippen LogP contribution >= 0.6 is 0 Å². The van der Waals surface area contributed by atoms with Crippen molar-refractivity contribution in [1.29, 1.82) is 0 Å². The molecule has 0 aromatic heterocycles. The Hall–Kier alpha value is -1.35. The van der Waals surface area contributed by atoms with Gasteiger partial charge in [-0.05, 0) is 19.9 Å². The lowest BCUT2D eigenvalue weighted by molar-refractivity contribution is -0.120. The highest BCUT2D eigenvalue weighted by Gasteiger charge is 2.36. The first-order valence-corrected chi connectivity index (χ1v) is 5.67. The molecule has 1 aromatic rings. The number of carbonyl (C=O) groups is 1. The maximum Gasteiger partial charge on any atom is 0.155 e. The predicted octanol–water partition coefficient (Wildman–Crippen LogP) is 2.12. The molecule has 0 saturated carbocycles. The summed E-state index contributed by atoms with van der Waals surface area (Å²) in [6, 6.07) is 7.16. The molecule has 0 bridgehead atoms. The average Bonchev–Trinajstić information content (AvgIpc) is 2.61. The van der Waals surface area contributed by atoms with Gasteiger partial charge >= 0.3 is 0 Å². The molecule has 1 aliphatic heterocycles. The number of aromatic hydroxyl groups is 1. The molecule has 0 radical (unpaired) electrons. The summed E-state index contributed by atoms with van der Waals surface area (Å²) in [5.74, 6) is 0.420. The molecule has 1 aliphatic rings. The lowest BCUT2D eigenvalue weighted by Gasteiger charge is -2.27. The third-order valence-corrected chi connectivity index (χ3v) is 3.15. The van der Waals surface area contributed by atoms with E-state index in [1.54, 1.807) is 12.1 Å². The molecule has 1 aromatic carbocycles. The summed E-state index contributed by atoms with van der Waals surface area (Å²) < 4.78 is 0. The maximum absolute atomic E-state index is 11.9. The maximum atomic E-state index is 11.9. The molecule has 3 nitrogen and oxygen atoms in total. The number of Topliss-reactive ketones (excluding diaryl/α,β-unsaturated/α-hetero) is 1. The molecule has 1 N–H and O–H groups in total. The number of benzene rings is 1. The van der Waals surface area contributed by atoms with E-state index in [4.69, 9.17) is 0 Å². The van der Waals surface area contributed by atoms with E-state index in [1.807, 2.05) is 12.1 Å². The van der Waals surface area contributed by atoms with Crippen LogP contribution in [0.5, 0.6) is 5.75 Å². The van der Waals surface area contributed by atoms with Gasteiger partial charge in [-0.25, -0.2) is 0 Å². The van der Waals surface area contributed by atoms with E-state index in [2.05, 4.69) is 18.7 Å². The SMILES string of the molecule is CC(C)N1CCC(=O)C1c1ccccc1O. The monoisotopic (exact) mass is 219 g/mol. The minimum atomic E-state index is -0.263. The molecule has 86 valence electrons. The second kappa shape index (κ2) is 4.26. The number of para-hydroxylation sites is 1. The van der Waals surface area contributed by atoms with Crippen molar-refractivity contribution in [3.8, 4) is 5.75 Å². The van der Waals surface area contributed by atoms with Crippen LogP contribution in [0, 0.1) is 0 Å². The lowest BCUT2D eigenvalue weighted by Crippen LogP contribution is -2.32. The zero-order valence-electron chi connectivity index (χ0n) is 9.68. The van der Waals surface area contributed by atoms with Crippen molar-refractivity contribution in [2.75, 3.05) is 6.54 Å². The number of ketones is 1. The Bertz CT molecular complexity index is 401. The smallest absolute Gasteiger partial charge is 0.155 e. The highest BCUT2D eigenvalue weighted by atomic mass is 16.3. The summed E-state index contributed by atoms with van der Waals surface area (Å²) >= 11 is 0. The van der Waals surface area contributed by atoms with Gasteiger partial charge < -0.3 is 5.11 Å². The number of phenols is 1. The van der Waals surface area contributed by atoms with E-state index in [1.165, 1.54) is 0 Å². The zero-order valence-corrected chi connectivity index (χ0v) is 9.68. The highest BCUT2D eigenvalue weighted by Crippen LogP contribution is 2.35. The number of phenolic OH excluding ortho intramolecular Hbond substituents is 1. The van der Waals surface area contributed by atoms with Crippen molar-refractivity contribution in [3.63, 3.8) is 0 Å². The number of hydrogen-bond acceptors (Lipinski definition) is 3. The Morgan fingerprint density at radius 2 is 2.06 bits per heavy atom.